The zero-order valence-corrected chi connectivity index (χ0v) is 21.2. The highest BCUT2D eigenvalue weighted by Gasteiger charge is 2.35. The van der Waals surface area contributed by atoms with E-state index in [4.69, 9.17) is 32.1 Å². The summed E-state index contributed by atoms with van der Waals surface area (Å²) in [5, 5.41) is 18.9. The molecule has 1 aromatic carbocycles. The fourth-order valence-corrected chi connectivity index (χ4v) is 4.41. The fraction of sp³-hybridized carbons (Fsp3) is 0.708. The molecule has 4 N–H and O–H groups in total. The summed E-state index contributed by atoms with van der Waals surface area (Å²) < 4.78 is 5.43. The Kier molecular flexibility index (Phi) is 11.6. The van der Waals surface area contributed by atoms with Crippen LogP contribution in [0.15, 0.2) is 18.2 Å². The summed E-state index contributed by atoms with van der Waals surface area (Å²) in [6.07, 6.45) is 3.20. The number of esters is 1. The van der Waals surface area contributed by atoms with Gasteiger partial charge in [-0.1, -0.05) is 36.6 Å². The van der Waals surface area contributed by atoms with Gasteiger partial charge in [-0.25, -0.2) is 0 Å². The van der Waals surface area contributed by atoms with Crippen LogP contribution < -0.4 is 5.73 Å². The van der Waals surface area contributed by atoms with Crippen LogP contribution in [0.4, 0.5) is 0 Å². The first-order valence-corrected chi connectivity index (χ1v) is 12.5. The number of piperazine rings is 1. The minimum absolute atomic E-state index is 0.212. The Bertz CT molecular complexity index is 744. The number of halogens is 1. The van der Waals surface area contributed by atoms with E-state index < -0.39 is 12.7 Å². The van der Waals surface area contributed by atoms with E-state index in [0.717, 1.165) is 56.3 Å². The zero-order valence-electron chi connectivity index (χ0n) is 20.4. The van der Waals surface area contributed by atoms with Gasteiger partial charge in [0.15, 0.2) is 0 Å². The van der Waals surface area contributed by atoms with Gasteiger partial charge < -0.3 is 25.4 Å². The van der Waals surface area contributed by atoms with E-state index in [1.54, 1.807) is 0 Å². The quantitative estimate of drug-likeness (QED) is 0.226. The molecule has 9 heteroatoms. The van der Waals surface area contributed by atoms with E-state index in [0.29, 0.717) is 25.7 Å². The summed E-state index contributed by atoms with van der Waals surface area (Å²) >= 11 is 6.26. The van der Waals surface area contributed by atoms with Crippen molar-refractivity contribution in [1.29, 1.82) is 0 Å². The first kappa shape index (κ1) is 28.1. The van der Waals surface area contributed by atoms with Crippen LogP contribution in [0.25, 0.3) is 0 Å². The third-order valence-corrected chi connectivity index (χ3v) is 6.70. The van der Waals surface area contributed by atoms with Crippen LogP contribution in [-0.4, -0.2) is 77.3 Å². The fourth-order valence-electron chi connectivity index (χ4n) is 4.21. The summed E-state index contributed by atoms with van der Waals surface area (Å²) in [7, 11) is -1.32. The first-order chi connectivity index (χ1) is 15.6. The van der Waals surface area contributed by atoms with Gasteiger partial charge in [-0.2, -0.15) is 0 Å². The Balaban J connectivity index is 1.78. The molecule has 7 nitrogen and oxygen atoms in total. The topological polar surface area (TPSA) is 99.3 Å². The molecule has 1 unspecified atom stereocenters. The molecule has 1 fully saturated rings. The van der Waals surface area contributed by atoms with Crippen molar-refractivity contribution in [3.63, 3.8) is 0 Å². The van der Waals surface area contributed by atoms with Crippen molar-refractivity contribution < 1.29 is 19.6 Å². The molecule has 0 aliphatic carbocycles. The summed E-state index contributed by atoms with van der Waals surface area (Å²) in [5.74, 6) is -0.358. The Hall–Kier alpha value is -1.16. The van der Waals surface area contributed by atoms with Crippen LogP contribution in [0.1, 0.15) is 57.1 Å². The molecule has 0 bridgehead atoms. The number of ether oxygens (including phenoxy) is 1. The van der Waals surface area contributed by atoms with Crippen LogP contribution in [-0.2, 0) is 16.1 Å². The maximum absolute atomic E-state index is 12.7. The molecule has 1 saturated heterocycles. The van der Waals surface area contributed by atoms with Gasteiger partial charge in [0, 0.05) is 37.7 Å². The van der Waals surface area contributed by atoms with Gasteiger partial charge in [-0.3, -0.25) is 9.69 Å². The highest BCUT2D eigenvalue weighted by atomic mass is 35.5. The van der Waals surface area contributed by atoms with Gasteiger partial charge in [-0.15, -0.1) is 0 Å². The lowest BCUT2D eigenvalue weighted by atomic mass is 9.81. The minimum atomic E-state index is -1.32. The lowest BCUT2D eigenvalue weighted by Crippen LogP contribution is -2.51. The smallest absolute Gasteiger partial charge is 0.451 e. The van der Waals surface area contributed by atoms with Crippen LogP contribution in [0, 0.1) is 6.92 Å². The summed E-state index contributed by atoms with van der Waals surface area (Å²) in [5.41, 5.74) is 7.83. The maximum Gasteiger partial charge on any atom is 0.451 e. The van der Waals surface area contributed by atoms with E-state index in [1.807, 2.05) is 20.8 Å². The molecule has 1 heterocycles. The van der Waals surface area contributed by atoms with E-state index in [9.17, 15) is 4.79 Å². The third-order valence-electron chi connectivity index (χ3n) is 6.29. The monoisotopic (exact) mass is 481 g/mol. The van der Waals surface area contributed by atoms with Crippen molar-refractivity contribution in [2.75, 3.05) is 32.7 Å². The van der Waals surface area contributed by atoms with Gasteiger partial charge in [-0.05, 0) is 70.1 Å². The van der Waals surface area contributed by atoms with Gasteiger partial charge in [0.25, 0.3) is 0 Å². The predicted octanol–water partition coefficient (Wildman–Crippen LogP) is 2.84. The second-order valence-corrected chi connectivity index (χ2v) is 10.0. The molecule has 1 aromatic rings. The average molecular weight is 482 g/mol. The van der Waals surface area contributed by atoms with Gasteiger partial charge in [0.05, 0.1) is 6.10 Å². The van der Waals surface area contributed by atoms with Crippen molar-refractivity contribution in [2.24, 2.45) is 5.73 Å². The molecular formula is C24H41BClN3O4. The highest BCUT2D eigenvalue weighted by Crippen LogP contribution is 2.23. The Morgan fingerprint density at radius 1 is 1.15 bits per heavy atom. The second-order valence-electron chi connectivity index (χ2n) is 9.64. The van der Waals surface area contributed by atoms with Crippen LogP contribution >= 0.6 is 11.6 Å². The van der Waals surface area contributed by atoms with E-state index in [-0.39, 0.29) is 18.4 Å². The highest BCUT2D eigenvalue weighted by molar-refractivity contribution is 6.40. The van der Waals surface area contributed by atoms with Crippen molar-refractivity contribution in [3.8, 4) is 0 Å². The van der Waals surface area contributed by atoms with Crippen LogP contribution in [0.2, 0.25) is 11.3 Å². The second kappa shape index (κ2) is 13.7. The van der Waals surface area contributed by atoms with Crippen molar-refractivity contribution >= 4 is 24.7 Å². The Morgan fingerprint density at radius 3 is 2.39 bits per heavy atom. The number of rotatable bonds is 13. The standard InChI is InChI=1S/C24H41BClN3O4/c1-19(2)33-23(30)24(27,9-4-5-11-25(31)32)10-6-12-28-13-15-29(16-14-28)18-21-8-7-20(3)22(26)17-21/h7-8,17,19,31-32H,4-6,9-16,18,27H2,1-3H3. The number of aryl methyl sites for hydroxylation is 1. The average Bonchev–Trinajstić information content (AvgIpc) is 2.74. The number of hydrogen-bond acceptors (Lipinski definition) is 7. The van der Waals surface area contributed by atoms with Crippen molar-refractivity contribution in [1.82, 2.24) is 9.80 Å². The molecule has 186 valence electrons. The largest absolute Gasteiger partial charge is 0.462 e. The number of benzene rings is 1. The number of nitrogens with two attached hydrogens (primary N) is 1. The lowest BCUT2D eigenvalue weighted by Gasteiger charge is -2.35. The molecular weight excluding hydrogens is 441 g/mol. The molecule has 33 heavy (non-hydrogen) atoms. The van der Waals surface area contributed by atoms with Gasteiger partial charge >= 0.3 is 13.1 Å². The molecule has 1 aliphatic rings. The number of hydrogen-bond donors (Lipinski definition) is 3. The van der Waals surface area contributed by atoms with Crippen LogP contribution in [0.3, 0.4) is 0 Å². The lowest BCUT2D eigenvalue weighted by molar-refractivity contribution is -0.154. The van der Waals surface area contributed by atoms with Crippen molar-refractivity contribution in [3.05, 3.63) is 34.3 Å². The van der Waals surface area contributed by atoms with E-state index in [1.165, 1.54) is 5.56 Å². The molecule has 0 spiro atoms. The van der Waals surface area contributed by atoms with Crippen LogP contribution in [0.5, 0.6) is 0 Å². The molecule has 0 saturated carbocycles. The molecule has 0 aromatic heterocycles. The maximum atomic E-state index is 12.7. The number of carbonyl (C=O) groups excluding carboxylic acids is 1. The van der Waals surface area contributed by atoms with E-state index in [2.05, 4.69) is 28.0 Å². The molecule has 1 atom stereocenters. The first-order valence-electron chi connectivity index (χ1n) is 12.1. The Labute approximate surface area is 204 Å². The molecule has 0 amide bonds. The summed E-state index contributed by atoms with van der Waals surface area (Å²) in [4.78, 5) is 17.5. The zero-order chi connectivity index (χ0) is 24.4. The normalized spacial score (nSPS) is 17.2. The minimum Gasteiger partial charge on any atom is -0.462 e. The predicted molar refractivity (Wildman–Crippen MR) is 134 cm³/mol. The van der Waals surface area contributed by atoms with Crippen molar-refractivity contribution in [2.45, 2.75) is 77.4 Å². The SMILES string of the molecule is Cc1ccc(CN2CCN(CCCC(N)(CCCCB(O)O)C(=O)OC(C)C)CC2)cc1Cl. The van der Waals surface area contributed by atoms with Gasteiger partial charge in [0.2, 0.25) is 0 Å². The number of carbonyl (C=O) groups is 1. The molecule has 2 rings (SSSR count). The van der Waals surface area contributed by atoms with E-state index >= 15 is 0 Å². The summed E-state index contributed by atoms with van der Waals surface area (Å²) in [6.45, 7) is 11.4. The summed E-state index contributed by atoms with van der Waals surface area (Å²) in [6, 6.07) is 6.27. The number of unbranched alkanes of at least 4 members (excludes halogenated alkanes) is 1. The third kappa shape index (κ3) is 9.93. The van der Waals surface area contributed by atoms with Gasteiger partial charge in [0.1, 0.15) is 5.54 Å². The molecule has 1 aliphatic heterocycles. The molecule has 0 radical (unpaired) electrons. The number of nitrogens with zero attached hydrogens (tertiary/aromatic N) is 2. The Morgan fingerprint density at radius 2 is 1.79 bits per heavy atom.